The number of hydrogen-bond donors (Lipinski definition) is 3. The van der Waals surface area contributed by atoms with E-state index in [4.69, 9.17) is 15.2 Å². The lowest BCUT2D eigenvalue weighted by Gasteiger charge is -2.26. The maximum absolute atomic E-state index is 11.4. The Morgan fingerprint density at radius 2 is 1.84 bits per heavy atom. The van der Waals surface area contributed by atoms with Crippen LogP contribution in [-0.4, -0.2) is 75.0 Å². The Morgan fingerprint density at radius 1 is 1.20 bits per heavy atom. The molecular formula is C16H34IN5O3. The highest BCUT2D eigenvalue weighted by molar-refractivity contribution is 14.0. The second-order valence-corrected chi connectivity index (χ2v) is 6.78. The molecule has 0 bridgehead atoms. The van der Waals surface area contributed by atoms with Crippen molar-refractivity contribution in [3.63, 3.8) is 0 Å². The number of nitrogens with zero attached hydrogens (tertiary/aromatic N) is 2. The monoisotopic (exact) mass is 471 g/mol. The van der Waals surface area contributed by atoms with Gasteiger partial charge in [0, 0.05) is 32.7 Å². The molecule has 0 spiro atoms. The third-order valence-corrected chi connectivity index (χ3v) is 3.35. The molecule has 25 heavy (non-hydrogen) atoms. The van der Waals surface area contributed by atoms with Crippen LogP contribution in [0.3, 0.4) is 0 Å². The van der Waals surface area contributed by atoms with Gasteiger partial charge in [-0.15, -0.1) is 24.0 Å². The Kier molecular flexibility index (Phi) is 13.0. The molecule has 0 aromatic carbocycles. The van der Waals surface area contributed by atoms with Crippen molar-refractivity contribution < 1.29 is 14.3 Å². The zero-order valence-corrected chi connectivity index (χ0v) is 18.0. The summed E-state index contributed by atoms with van der Waals surface area (Å²) in [6, 6.07) is 0. The number of ether oxygens (including phenoxy) is 2. The number of alkyl carbamates (subject to hydrolysis) is 1. The number of rotatable bonds is 8. The van der Waals surface area contributed by atoms with Crippen LogP contribution in [0, 0.1) is 0 Å². The zero-order chi connectivity index (χ0) is 17.8. The van der Waals surface area contributed by atoms with Gasteiger partial charge >= 0.3 is 6.09 Å². The zero-order valence-electron chi connectivity index (χ0n) is 15.7. The summed E-state index contributed by atoms with van der Waals surface area (Å²) in [5, 5.41) is 5.80. The first-order chi connectivity index (χ1) is 11.4. The molecule has 0 aliphatic carbocycles. The number of carbonyl (C=O) groups is 1. The van der Waals surface area contributed by atoms with E-state index in [0.29, 0.717) is 19.0 Å². The quantitative estimate of drug-likeness (QED) is 0.213. The van der Waals surface area contributed by atoms with Crippen molar-refractivity contribution >= 4 is 36.0 Å². The van der Waals surface area contributed by atoms with Crippen LogP contribution in [0.5, 0.6) is 0 Å². The van der Waals surface area contributed by atoms with E-state index in [-0.39, 0.29) is 24.0 Å². The molecule has 1 heterocycles. The fourth-order valence-corrected chi connectivity index (χ4v) is 2.18. The minimum absolute atomic E-state index is 0. The maximum Gasteiger partial charge on any atom is 0.407 e. The van der Waals surface area contributed by atoms with Gasteiger partial charge in [0.25, 0.3) is 0 Å². The maximum atomic E-state index is 11.4. The molecule has 9 heteroatoms. The van der Waals surface area contributed by atoms with Crippen LogP contribution in [0.25, 0.3) is 0 Å². The first kappa shape index (κ1) is 24.2. The Balaban J connectivity index is 0.00000576. The Bertz CT molecular complexity index is 396. The second kappa shape index (κ2) is 13.4. The number of aliphatic imine (C=N–C) groups is 1. The predicted molar refractivity (Wildman–Crippen MR) is 111 cm³/mol. The standard InChI is InChI=1S/C16H33N5O3.HI/c1-16(2,3)24-15(22)20-7-4-6-18-14(17)19-8-5-9-21-10-12-23-13-11-21;/h4-13H2,1-3H3,(H,20,22)(H3,17,18,19);1H. The number of nitrogens with two attached hydrogens (primary N) is 1. The summed E-state index contributed by atoms with van der Waals surface area (Å²) in [5.74, 6) is 0.453. The Morgan fingerprint density at radius 3 is 2.48 bits per heavy atom. The van der Waals surface area contributed by atoms with E-state index in [1.54, 1.807) is 0 Å². The minimum atomic E-state index is -0.474. The predicted octanol–water partition coefficient (Wildman–Crippen LogP) is 1.15. The van der Waals surface area contributed by atoms with E-state index in [9.17, 15) is 4.79 Å². The van der Waals surface area contributed by atoms with Crippen LogP contribution < -0.4 is 16.4 Å². The van der Waals surface area contributed by atoms with Gasteiger partial charge < -0.3 is 25.8 Å². The molecule has 1 rings (SSSR count). The van der Waals surface area contributed by atoms with Crippen molar-refractivity contribution in [2.75, 3.05) is 52.5 Å². The average Bonchev–Trinajstić information content (AvgIpc) is 2.50. The Hall–Kier alpha value is -0.810. The molecule has 148 valence electrons. The number of nitrogens with one attached hydrogen (secondary N) is 2. The lowest BCUT2D eigenvalue weighted by atomic mass is 10.2. The van der Waals surface area contributed by atoms with Crippen LogP contribution in [0.15, 0.2) is 4.99 Å². The normalized spacial score (nSPS) is 16.0. The molecule has 0 atom stereocenters. The fraction of sp³-hybridized carbons (Fsp3) is 0.875. The van der Waals surface area contributed by atoms with Crippen molar-refractivity contribution in [1.29, 1.82) is 0 Å². The van der Waals surface area contributed by atoms with E-state index >= 15 is 0 Å². The molecule has 1 fully saturated rings. The van der Waals surface area contributed by atoms with Crippen LogP contribution in [0.1, 0.15) is 33.6 Å². The fourth-order valence-electron chi connectivity index (χ4n) is 2.18. The van der Waals surface area contributed by atoms with Crippen molar-refractivity contribution in [2.45, 2.75) is 39.2 Å². The summed E-state index contributed by atoms with van der Waals surface area (Å²) < 4.78 is 10.5. The van der Waals surface area contributed by atoms with E-state index < -0.39 is 11.7 Å². The Labute approximate surface area is 168 Å². The van der Waals surface area contributed by atoms with Gasteiger partial charge in [0.15, 0.2) is 5.96 Å². The van der Waals surface area contributed by atoms with Gasteiger partial charge in [-0.1, -0.05) is 0 Å². The van der Waals surface area contributed by atoms with Gasteiger partial charge in [-0.3, -0.25) is 9.89 Å². The largest absolute Gasteiger partial charge is 0.444 e. The number of amides is 1. The first-order valence-corrected chi connectivity index (χ1v) is 8.67. The molecule has 0 saturated carbocycles. The summed E-state index contributed by atoms with van der Waals surface area (Å²) in [7, 11) is 0. The summed E-state index contributed by atoms with van der Waals surface area (Å²) in [6.07, 6.45) is 1.34. The van der Waals surface area contributed by atoms with E-state index in [0.717, 1.165) is 52.2 Å². The molecular weight excluding hydrogens is 437 g/mol. The molecule has 0 unspecified atom stereocenters. The second-order valence-electron chi connectivity index (χ2n) is 6.78. The van der Waals surface area contributed by atoms with Gasteiger partial charge in [0.1, 0.15) is 5.60 Å². The summed E-state index contributed by atoms with van der Waals surface area (Å²) >= 11 is 0. The number of hydrogen-bond acceptors (Lipinski definition) is 5. The molecule has 1 amide bonds. The van der Waals surface area contributed by atoms with Crippen LogP contribution >= 0.6 is 24.0 Å². The molecule has 8 nitrogen and oxygen atoms in total. The van der Waals surface area contributed by atoms with Crippen LogP contribution in [0.4, 0.5) is 4.79 Å². The number of guanidine groups is 1. The van der Waals surface area contributed by atoms with E-state index in [1.165, 1.54) is 0 Å². The van der Waals surface area contributed by atoms with E-state index in [2.05, 4.69) is 20.5 Å². The van der Waals surface area contributed by atoms with Gasteiger partial charge in [-0.2, -0.15) is 0 Å². The van der Waals surface area contributed by atoms with Gasteiger partial charge in [0.2, 0.25) is 0 Å². The molecule has 0 aromatic heterocycles. The lowest BCUT2D eigenvalue weighted by molar-refractivity contribution is 0.0376. The van der Waals surface area contributed by atoms with Crippen molar-refractivity contribution in [1.82, 2.24) is 15.5 Å². The van der Waals surface area contributed by atoms with E-state index in [1.807, 2.05) is 20.8 Å². The minimum Gasteiger partial charge on any atom is -0.444 e. The van der Waals surface area contributed by atoms with Crippen LogP contribution in [-0.2, 0) is 9.47 Å². The number of carbonyl (C=O) groups excluding carboxylic acids is 1. The molecule has 1 saturated heterocycles. The van der Waals surface area contributed by atoms with Crippen LogP contribution in [0.2, 0.25) is 0 Å². The number of morpholine rings is 1. The average molecular weight is 471 g/mol. The van der Waals surface area contributed by atoms with Crippen molar-refractivity contribution in [2.24, 2.45) is 10.7 Å². The van der Waals surface area contributed by atoms with Gasteiger partial charge in [0.05, 0.1) is 13.2 Å². The topological polar surface area (TPSA) is 101 Å². The summed E-state index contributed by atoms with van der Waals surface area (Å²) in [5.41, 5.74) is 5.34. The molecule has 0 aromatic rings. The highest BCUT2D eigenvalue weighted by atomic mass is 127. The third-order valence-electron chi connectivity index (χ3n) is 3.35. The van der Waals surface area contributed by atoms with Crippen molar-refractivity contribution in [3.05, 3.63) is 0 Å². The SMILES string of the molecule is CC(C)(C)OC(=O)NCCCN=C(N)NCCCN1CCOCC1.I. The molecule has 0 radical (unpaired) electrons. The first-order valence-electron chi connectivity index (χ1n) is 8.67. The number of halogens is 1. The molecule has 1 aliphatic rings. The summed E-state index contributed by atoms with van der Waals surface area (Å²) in [4.78, 5) is 18.1. The van der Waals surface area contributed by atoms with Gasteiger partial charge in [-0.05, 0) is 40.2 Å². The third kappa shape index (κ3) is 14.1. The lowest BCUT2D eigenvalue weighted by Crippen LogP contribution is -2.39. The van der Waals surface area contributed by atoms with Gasteiger partial charge in [-0.25, -0.2) is 4.79 Å². The molecule has 1 aliphatic heterocycles. The summed E-state index contributed by atoms with van der Waals surface area (Å²) in [6.45, 7) is 12.1. The highest BCUT2D eigenvalue weighted by Gasteiger charge is 2.15. The molecule has 4 N–H and O–H groups in total. The smallest absolute Gasteiger partial charge is 0.407 e. The van der Waals surface area contributed by atoms with Crippen molar-refractivity contribution in [3.8, 4) is 0 Å². The highest BCUT2D eigenvalue weighted by Crippen LogP contribution is 2.06.